The molecule has 0 unspecified atom stereocenters. The van der Waals surface area contributed by atoms with Crippen LogP contribution in [0.5, 0.6) is 0 Å². The molecule has 138 valence electrons. The van der Waals surface area contributed by atoms with Crippen molar-refractivity contribution in [2.45, 2.75) is 33.2 Å². The van der Waals surface area contributed by atoms with E-state index in [1.165, 1.54) is 5.56 Å². The minimum absolute atomic E-state index is 0.279. The Balaban J connectivity index is 1.94. The van der Waals surface area contributed by atoms with E-state index < -0.39 is 0 Å². The number of nitrogens with zero attached hydrogens (tertiary/aromatic N) is 2. The van der Waals surface area contributed by atoms with Crippen LogP contribution >= 0.6 is 0 Å². The molecule has 1 aromatic heterocycles. The van der Waals surface area contributed by atoms with Crippen LogP contribution in [0.15, 0.2) is 59.8 Å². The molecule has 0 radical (unpaired) electrons. The number of nitrogens with one attached hydrogen (secondary N) is 1. The van der Waals surface area contributed by atoms with Gasteiger partial charge in [-0.3, -0.25) is 4.57 Å². The molecule has 1 atom stereocenters. The van der Waals surface area contributed by atoms with Gasteiger partial charge in [-0.2, -0.15) is 0 Å². The number of imidazole rings is 1. The summed E-state index contributed by atoms with van der Waals surface area (Å²) >= 11 is 0. The summed E-state index contributed by atoms with van der Waals surface area (Å²) in [6, 6.07) is 16.1. The molecule has 2 aromatic carbocycles. The van der Waals surface area contributed by atoms with E-state index in [0.717, 1.165) is 34.7 Å². The number of rotatable bonds is 4. The molecule has 0 fully saturated rings. The molecule has 5 heteroatoms. The molecule has 0 aliphatic carbocycles. The average Bonchev–Trinajstić information content (AvgIpc) is 3.05. The van der Waals surface area contributed by atoms with Crippen molar-refractivity contribution in [2.24, 2.45) is 0 Å². The number of fused-ring (bicyclic) bond motifs is 3. The molecule has 1 aliphatic heterocycles. The van der Waals surface area contributed by atoms with E-state index in [0.29, 0.717) is 12.2 Å². The number of allylic oxidation sites excluding steroid dienone is 1. The normalized spacial score (nSPS) is 16.2. The second-order valence-electron chi connectivity index (χ2n) is 6.68. The summed E-state index contributed by atoms with van der Waals surface area (Å²) in [5.41, 5.74) is 5.59. The Bertz CT molecular complexity index is 1030. The van der Waals surface area contributed by atoms with E-state index in [-0.39, 0.29) is 12.0 Å². The quantitative estimate of drug-likeness (QED) is 0.698. The van der Waals surface area contributed by atoms with E-state index >= 15 is 0 Å². The Morgan fingerprint density at radius 2 is 1.89 bits per heavy atom. The van der Waals surface area contributed by atoms with Crippen molar-refractivity contribution in [3.8, 4) is 0 Å². The molecule has 3 aromatic rings. The van der Waals surface area contributed by atoms with Crippen molar-refractivity contribution in [3.05, 3.63) is 70.9 Å². The SMILES string of the molecule is CCOC(=O)C1=C(C)Nc2nc3ccccc3n2[C@@H]1c1ccc(CC)cc1. The first-order valence-electron chi connectivity index (χ1n) is 9.34. The summed E-state index contributed by atoms with van der Waals surface area (Å²) in [6.07, 6.45) is 0.978. The summed E-state index contributed by atoms with van der Waals surface area (Å²) in [6.45, 7) is 6.21. The van der Waals surface area contributed by atoms with E-state index in [9.17, 15) is 4.79 Å². The molecule has 0 amide bonds. The van der Waals surface area contributed by atoms with Crippen LogP contribution in [0.4, 0.5) is 5.95 Å². The lowest BCUT2D eigenvalue weighted by molar-refractivity contribution is -0.139. The number of ether oxygens (including phenoxy) is 1. The van der Waals surface area contributed by atoms with Gasteiger partial charge in [-0.1, -0.05) is 43.3 Å². The zero-order chi connectivity index (χ0) is 19.0. The minimum Gasteiger partial charge on any atom is -0.463 e. The third kappa shape index (κ3) is 2.89. The van der Waals surface area contributed by atoms with Crippen molar-refractivity contribution in [1.29, 1.82) is 0 Å². The van der Waals surface area contributed by atoms with Gasteiger partial charge in [0.05, 0.1) is 29.3 Å². The second kappa shape index (κ2) is 6.91. The Morgan fingerprint density at radius 3 is 2.59 bits per heavy atom. The van der Waals surface area contributed by atoms with Crippen LogP contribution in [-0.2, 0) is 16.0 Å². The van der Waals surface area contributed by atoms with E-state index in [2.05, 4.69) is 41.1 Å². The Morgan fingerprint density at radius 1 is 1.15 bits per heavy atom. The smallest absolute Gasteiger partial charge is 0.338 e. The molecule has 27 heavy (non-hydrogen) atoms. The standard InChI is InChI=1S/C22H23N3O2/c1-4-15-10-12-16(13-11-15)20-19(21(26)27-5-2)14(3)23-22-24-17-8-6-7-9-18(17)25(20)22/h6-13,20H,4-5H2,1-3H3,(H,23,24)/t20-/m1/s1. The van der Waals surface area contributed by atoms with Gasteiger partial charge in [0, 0.05) is 5.70 Å². The van der Waals surface area contributed by atoms with Crippen LogP contribution in [0.3, 0.4) is 0 Å². The highest BCUT2D eigenvalue weighted by molar-refractivity contribution is 5.94. The molecule has 0 bridgehead atoms. The maximum atomic E-state index is 12.8. The second-order valence-corrected chi connectivity index (χ2v) is 6.68. The number of hydrogen-bond acceptors (Lipinski definition) is 4. The number of anilines is 1. The van der Waals surface area contributed by atoms with Crippen LogP contribution in [0.25, 0.3) is 11.0 Å². The van der Waals surface area contributed by atoms with Crippen molar-refractivity contribution in [2.75, 3.05) is 11.9 Å². The summed E-state index contributed by atoms with van der Waals surface area (Å²) in [7, 11) is 0. The third-order valence-electron chi connectivity index (χ3n) is 5.03. The molecular formula is C22H23N3O2. The Hall–Kier alpha value is -3.08. The number of aryl methyl sites for hydroxylation is 1. The predicted octanol–water partition coefficient (Wildman–Crippen LogP) is 4.45. The highest BCUT2D eigenvalue weighted by Gasteiger charge is 2.34. The minimum atomic E-state index is -0.296. The fraction of sp³-hybridized carbons (Fsp3) is 0.273. The van der Waals surface area contributed by atoms with Crippen molar-refractivity contribution in [1.82, 2.24) is 9.55 Å². The number of hydrogen-bond donors (Lipinski definition) is 1. The number of para-hydroxylation sites is 2. The number of carbonyl (C=O) groups excluding carboxylic acids is 1. The molecule has 1 N–H and O–H groups in total. The third-order valence-corrected chi connectivity index (χ3v) is 5.03. The van der Waals surface area contributed by atoms with Crippen LogP contribution in [0.1, 0.15) is 37.9 Å². The molecule has 4 rings (SSSR count). The first kappa shape index (κ1) is 17.3. The maximum absolute atomic E-state index is 12.8. The van der Waals surface area contributed by atoms with Gasteiger partial charge in [-0.15, -0.1) is 0 Å². The van der Waals surface area contributed by atoms with E-state index in [1.807, 2.05) is 38.1 Å². The molecule has 0 spiro atoms. The fourth-order valence-electron chi connectivity index (χ4n) is 3.69. The van der Waals surface area contributed by atoms with Gasteiger partial charge in [0.25, 0.3) is 0 Å². The van der Waals surface area contributed by atoms with Gasteiger partial charge >= 0.3 is 5.97 Å². The summed E-state index contributed by atoms with van der Waals surface area (Å²) in [4.78, 5) is 17.5. The predicted molar refractivity (Wildman–Crippen MR) is 107 cm³/mol. The first-order valence-corrected chi connectivity index (χ1v) is 9.34. The number of carbonyl (C=O) groups is 1. The zero-order valence-corrected chi connectivity index (χ0v) is 15.8. The number of esters is 1. The van der Waals surface area contributed by atoms with Crippen LogP contribution < -0.4 is 5.32 Å². The lowest BCUT2D eigenvalue weighted by Crippen LogP contribution is -2.29. The van der Waals surface area contributed by atoms with Gasteiger partial charge < -0.3 is 10.1 Å². The lowest BCUT2D eigenvalue weighted by Gasteiger charge is -2.30. The van der Waals surface area contributed by atoms with Gasteiger partial charge in [-0.25, -0.2) is 9.78 Å². The Labute approximate surface area is 158 Å². The summed E-state index contributed by atoms with van der Waals surface area (Å²) in [5, 5.41) is 3.29. The number of benzene rings is 2. The van der Waals surface area contributed by atoms with Gasteiger partial charge in [0.1, 0.15) is 0 Å². The summed E-state index contributed by atoms with van der Waals surface area (Å²) in [5.74, 6) is 0.446. The monoisotopic (exact) mass is 361 g/mol. The molecular weight excluding hydrogens is 338 g/mol. The number of aromatic nitrogens is 2. The van der Waals surface area contributed by atoms with Crippen molar-refractivity contribution in [3.63, 3.8) is 0 Å². The highest BCUT2D eigenvalue weighted by atomic mass is 16.5. The molecule has 2 heterocycles. The van der Waals surface area contributed by atoms with Crippen LogP contribution in [0.2, 0.25) is 0 Å². The largest absolute Gasteiger partial charge is 0.463 e. The topological polar surface area (TPSA) is 56.1 Å². The van der Waals surface area contributed by atoms with E-state index in [1.54, 1.807) is 0 Å². The summed E-state index contributed by atoms with van der Waals surface area (Å²) < 4.78 is 7.47. The van der Waals surface area contributed by atoms with Crippen LogP contribution in [0, 0.1) is 0 Å². The van der Waals surface area contributed by atoms with Crippen molar-refractivity contribution >= 4 is 23.0 Å². The zero-order valence-electron chi connectivity index (χ0n) is 15.8. The molecule has 0 saturated heterocycles. The van der Waals surface area contributed by atoms with Gasteiger partial charge in [-0.05, 0) is 43.5 Å². The Kier molecular flexibility index (Phi) is 4.44. The van der Waals surface area contributed by atoms with Gasteiger partial charge in [0.2, 0.25) is 5.95 Å². The fourth-order valence-corrected chi connectivity index (χ4v) is 3.69. The lowest BCUT2D eigenvalue weighted by atomic mass is 9.94. The van der Waals surface area contributed by atoms with Crippen molar-refractivity contribution < 1.29 is 9.53 Å². The highest BCUT2D eigenvalue weighted by Crippen LogP contribution is 2.39. The van der Waals surface area contributed by atoms with E-state index in [4.69, 9.17) is 9.72 Å². The van der Waals surface area contributed by atoms with Gasteiger partial charge in [0.15, 0.2) is 0 Å². The molecule has 1 aliphatic rings. The molecule has 5 nitrogen and oxygen atoms in total. The molecule has 0 saturated carbocycles. The van der Waals surface area contributed by atoms with Crippen LogP contribution in [-0.4, -0.2) is 22.1 Å². The maximum Gasteiger partial charge on any atom is 0.338 e. The average molecular weight is 361 g/mol. The first-order chi connectivity index (χ1) is 13.1.